The summed E-state index contributed by atoms with van der Waals surface area (Å²) in [6.45, 7) is 4.70. The molecule has 0 saturated carbocycles. The normalized spacial score (nSPS) is 12.6. The largest absolute Gasteiger partial charge is 0.456 e. The maximum atomic E-state index is 6.77. The fourth-order valence-corrected chi connectivity index (χ4v) is 20.8. The van der Waals surface area contributed by atoms with E-state index in [1.807, 2.05) is 12.1 Å². The maximum Gasteiger partial charge on any atom is 0.137 e. The Balaban J connectivity index is 0.000000146. The molecule has 25 rings (SSSR count). The van der Waals surface area contributed by atoms with Crippen molar-refractivity contribution in [3.8, 4) is 33.4 Å². The van der Waals surface area contributed by atoms with Crippen LogP contribution < -0.4 is 24.5 Å². The number of hydrogen-bond donors (Lipinski definition) is 0. The molecule has 132 heavy (non-hydrogen) atoms. The highest BCUT2D eigenvalue weighted by molar-refractivity contribution is 6.17. The predicted molar refractivity (Wildman–Crippen MR) is 548 cm³/mol. The van der Waals surface area contributed by atoms with Crippen molar-refractivity contribution in [3.05, 3.63) is 525 Å². The van der Waals surface area contributed by atoms with Crippen LogP contribution in [0.2, 0.25) is 0 Å². The Morgan fingerprint density at radius 3 is 1.05 bits per heavy atom. The Morgan fingerprint density at radius 2 is 0.492 bits per heavy atom. The highest BCUT2D eigenvalue weighted by Crippen LogP contribution is 2.59. The van der Waals surface area contributed by atoms with Gasteiger partial charge >= 0.3 is 0 Å². The Labute approximate surface area is 766 Å². The van der Waals surface area contributed by atoms with Crippen molar-refractivity contribution < 1.29 is 13.3 Å². The van der Waals surface area contributed by atoms with Crippen molar-refractivity contribution in [2.24, 2.45) is 0 Å². The average Bonchev–Trinajstić information content (AvgIpc) is 1.54. The van der Waals surface area contributed by atoms with Crippen molar-refractivity contribution in [1.29, 1.82) is 0 Å². The fraction of sp³-hybridized carbons (Fsp3) is 0.0323. The lowest BCUT2D eigenvalue weighted by molar-refractivity contribution is 0.660. The first kappa shape index (κ1) is 78.3. The number of nitrogens with zero attached hydrogens (tertiary/aromatic N) is 5. The van der Waals surface area contributed by atoms with Gasteiger partial charge in [-0.25, -0.2) is 0 Å². The van der Waals surface area contributed by atoms with Crippen molar-refractivity contribution in [1.82, 2.24) is 0 Å². The van der Waals surface area contributed by atoms with Crippen molar-refractivity contribution in [2.45, 2.75) is 24.7 Å². The molecule has 2 aliphatic carbocycles. The van der Waals surface area contributed by atoms with Gasteiger partial charge in [0.05, 0.1) is 27.6 Å². The predicted octanol–water partition coefficient (Wildman–Crippen LogP) is 34.8. The second-order valence-corrected chi connectivity index (χ2v) is 34.6. The lowest BCUT2D eigenvalue weighted by atomic mass is 9.67. The molecule has 20 aromatic carbocycles. The fourth-order valence-electron chi connectivity index (χ4n) is 20.8. The van der Waals surface area contributed by atoms with Crippen LogP contribution in [-0.2, 0) is 10.8 Å². The van der Waals surface area contributed by atoms with E-state index in [1.165, 1.54) is 66.8 Å². The zero-order valence-corrected chi connectivity index (χ0v) is 72.7. The van der Waals surface area contributed by atoms with Gasteiger partial charge in [-0.1, -0.05) is 305 Å². The molecule has 0 amide bonds. The molecule has 8 nitrogen and oxygen atoms in total. The lowest BCUT2D eigenvalue weighted by Crippen LogP contribution is -2.28. The highest BCUT2D eigenvalue weighted by atomic mass is 16.3. The third kappa shape index (κ3) is 13.4. The van der Waals surface area contributed by atoms with Gasteiger partial charge in [0.25, 0.3) is 0 Å². The molecule has 3 aromatic heterocycles. The molecule has 8 heteroatoms. The van der Waals surface area contributed by atoms with Gasteiger partial charge in [0.2, 0.25) is 0 Å². The minimum atomic E-state index is -0.559. The van der Waals surface area contributed by atoms with Gasteiger partial charge in [0, 0.05) is 107 Å². The summed E-state index contributed by atoms with van der Waals surface area (Å²) in [5.74, 6) is 0. The van der Waals surface area contributed by atoms with Crippen molar-refractivity contribution in [3.63, 3.8) is 0 Å². The standard InChI is InChI=1S/C63H47N3O.C61H40N2O2/c1-63(2)57-30-16-15-29-54(57)55-39-37-53(43-58(55)63)65(49-35-33-45(34-36-49)44-19-7-3-8-20-44)52-38-40-60-56(42-52)62-59(31-18-32-61(62)67-60)66(48-25-13-6-14-26-48)51-28-17-27-50(41-51)64(46-21-9-4-10-22-46)47-23-11-5-12-24-47;1-4-18-41(19-5-1)61(53-29-13-10-26-48(53)49-27-11-14-30-54(49)61)42-20-16-25-45(38-42)62(47-34-36-51-50-28-12-15-32-56(50)65-59(51)40-47)46-35-37-57-52(39-46)60-55(31-17-33-58(60)64-57)63(43-21-6-2-7-22-43)44-23-8-3-9-24-44/h3-43H,1-2H3;1-40H. The summed E-state index contributed by atoms with van der Waals surface area (Å²) >= 11 is 0. The third-order valence-electron chi connectivity index (χ3n) is 26.7. The summed E-state index contributed by atoms with van der Waals surface area (Å²) < 4.78 is 20.0. The summed E-state index contributed by atoms with van der Waals surface area (Å²) in [4.78, 5) is 11.8. The van der Waals surface area contributed by atoms with Crippen LogP contribution in [-0.4, -0.2) is 0 Å². The number of furan rings is 3. The molecule has 0 fully saturated rings. The van der Waals surface area contributed by atoms with Gasteiger partial charge in [0.1, 0.15) is 33.5 Å². The van der Waals surface area contributed by atoms with E-state index < -0.39 is 5.41 Å². The molecule has 0 saturated heterocycles. The minimum absolute atomic E-state index is 0.151. The lowest BCUT2D eigenvalue weighted by Gasteiger charge is -2.35. The molecule has 3 heterocycles. The van der Waals surface area contributed by atoms with E-state index in [-0.39, 0.29) is 5.41 Å². The SMILES string of the molecule is CC1(C)c2ccccc2-c2ccc(N(c3ccc(-c4ccccc4)cc3)c3ccc4oc5cccc(N(c6ccccc6)c6cccc(N(c7ccccc7)c7ccccc7)c6)c5c4c3)cc21.c1ccc(N(c2ccccc2)c2cccc3oc4ccc(N(c5cccc(C6(c7ccccc7)c7ccccc7-c7ccccc76)c5)c5ccc6c(c5)oc5ccccc56)cc4c23)cc1. The van der Waals surface area contributed by atoms with Crippen LogP contribution in [0.1, 0.15) is 47.2 Å². The summed E-state index contributed by atoms with van der Waals surface area (Å²) in [5.41, 5.74) is 35.2. The zero-order chi connectivity index (χ0) is 87.8. The molecule has 0 spiro atoms. The Bertz CT molecular complexity index is 8140. The van der Waals surface area contributed by atoms with E-state index in [9.17, 15) is 0 Å². The van der Waals surface area contributed by atoms with E-state index in [2.05, 4.69) is 518 Å². The van der Waals surface area contributed by atoms with Gasteiger partial charge in [-0.15, -0.1) is 0 Å². The van der Waals surface area contributed by atoms with Crippen molar-refractivity contribution >= 4 is 151 Å². The molecule has 23 aromatic rings. The first-order valence-electron chi connectivity index (χ1n) is 45.2. The number of para-hydroxylation sites is 6. The number of anilines is 15. The third-order valence-corrected chi connectivity index (χ3v) is 26.7. The van der Waals surface area contributed by atoms with Crippen LogP contribution in [0.15, 0.2) is 505 Å². The van der Waals surface area contributed by atoms with E-state index >= 15 is 0 Å². The molecule has 0 bridgehead atoms. The van der Waals surface area contributed by atoms with Gasteiger partial charge in [-0.2, -0.15) is 0 Å². The first-order valence-corrected chi connectivity index (χ1v) is 45.2. The molecular formula is C124H87N5O3. The maximum absolute atomic E-state index is 6.77. The summed E-state index contributed by atoms with van der Waals surface area (Å²) in [6, 6.07) is 176. The summed E-state index contributed by atoms with van der Waals surface area (Å²) in [7, 11) is 0. The topological polar surface area (TPSA) is 55.6 Å². The van der Waals surface area contributed by atoms with Crippen LogP contribution in [0.4, 0.5) is 85.3 Å². The van der Waals surface area contributed by atoms with E-state index in [0.29, 0.717) is 0 Å². The van der Waals surface area contributed by atoms with Gasteiger partial charge in [-0.3, -0.25) is 0 Å². The number of fused-ring (bicyclic) bond motifs is 15. The quantitative estimate of drug-likeness (QED) is 0.0842. The summed E-state index contributed by atoms with van der Waals surface area (Å²) in [6.07, 6.45) is 0. The first-order chi connectivity index (χ1) is 65.2. The van der Waals surface area contributed by atoms with Crippen LogP contribution in [0.25, 0.3) is 99.2 Å². The Hall–Kier alpha value is -17.2. The number of benzene rings is 20. The van der Waals surface area contributed by atoms with Crippen LogP contribution >= 0.6 is 0 Å². The van der Waals surface area contributed by atoms with Crippen LogP contribution in [0, 0.1) is 0 Å². The molecule has 0 atom stereocenters. The molecule has 2 aliphatic rings. The molecule has 0 N–H and O–H groups in total. The van der Waals surface area contributed by atoms with Gasteiger partial charge < -0.3 is 37.8 Å². The van der Waals surface area contributed by atoms with E-state index in [4.69, 9.17) is 13.3 Å². The highest BCUT2D eigenvalue weighted by Gasteiger charge is 2.46. The van der Waals surface area contributed by atoms with Crippen LogP contribution in [0.3, 0.4) is 0 Å². The number of rotatable bonds is 18. The molecule has 0 radical (unpaired) electrons. The van der Waals surface area contributed by atoms with Crippen LogP contribution in [0.5, 0.6) is 0 Å². The Kier molecular flexibility index (Phi) is 19.3. The van der Waals surface area contributed by atoms with E-state index in [0.717, 1.165) is 151 Å². The van der Waals surface area contributed by atoms with Gasteiger partial charge in [0.15, 0.2) is 0 Å². The second-order valence-electron chi connectivity index (χ2n) is 34.6. The van der Waals surface area contributed by atoms with Crippen molar-refractivity contribution in [2.75, 3.05) is 24.5 Å². The molecule has 0 aliphatic heterocycles. The number of hydrogen-bond acceptors (Lipinski definition) is 8. The molecule has 0 unspecified atom stereocenters. The van der Waals surface area contributed by atoms with E-state index in [1.54, 1.807) is 0 Å². The smallest absolute Gasteiger partial charge is 0.137 e. The zero-order valence-electron chi connectivity index (χ0n) is 72.7. The summed E-state index contributed by atoms with van der Waals surface area (Å²) in [5, 5.41) is 6.34. The second kappa shape index (κ2) is 32.6. The minimum Gasteiger partial charge on any atom is -0.456 e. The molecule has 626 valence electrons. The molecular weight excluding hydrogens is 1610 g/mol. The monoisotopic (exact) mass is 1690 g/mol. The average molecular weight is 1700 g/mol. The Morgan fingerprint density at radius 1 is 0.174 bits per heavy atom. The van der Waals surface area contributed by atoms with Gasteiger partial charge in [-0.05, 0) is 261 Å².